The van der Waals surface area contributed by atoms with Crippen LogP contribution in [0, 0.1) is 0 Å². The van der Waals surface area contributed by atoms with E-state index in [1.54, 1.807) is 18.4 Å². The van der Waals surface area contributed by atoms with Gasteiger partial charge in [-0.2, -0.15) is 5.10 Å². The maximum absolute atomic E-state index is 11.3. The molecule has 0 aliphatic carbocycles. The van der Waals surface area contributed by atoms with E-state index in [0.717, 1.165) is 0 Å². The van der Waals surface area contributed by atoms with Gasteiger partial charge in [-0.1, -0.05) is 0 Å². The SMILES string of the molecule is C[N+](C)(C)CC(=O)N/N=C/c1ccco1.[Cl-]. The van der Waals surface area contributed by atoms with Crippen molar-refractivity contribution >= 4 is 12.1 Å². The molecule has 1 heterocycles. The van der Waals surface area contributed by atoms with Crippen LogP contribution in [-0.4, -0.2) is 44.3 Å². The number of halogens is 1. The van der Waals surface area contributed by atoms with Gasteiger partial charge in [0, 0.05) is 0 Å². The minimum atomic E-state index is -0.120. The number of carbonyl (C=O) groups is 1. The van der Waals surface area contributed by atoms with E-state index in [2.05, 4.69) is 10.5 Å². The van der Waals surface area contributed by atoms with Gasteiger partial charge in [-0.15, -0.1) is 0 Å². The predicted molar refractivity (Wildman–Crippen MR) is 57.3 cm³/mol. The second-order valence-electron chi connectivity index (χ2n) is 4.26. The molecule has 0 fully saturated rings. The molecule has 6 heteroatoms. The fourth-order valence-corrected chi connectivity index (χ4v) is 0.999. The van der Waals surface area contributed by atoms with Gasteiger partial charge in [-0.25, -0.2) is 5.43 Å². The van der Waals surface area contributed by atoms with Gasteiger partial charge in [0.25, 0.3) is 5.91 Å². The first kappa shape index (κ1) is 14.7. The highest BCUT2D eigenvalue weighted by Gasteiger charge is 2.12. The molecular formula is C10H16ClN3O2. The molecule has 1 aromatic rings. The fourth-order valence-electron chi connectivity index (χ4n) is 0.999. The summed E-state index contributed by atoms with van der Waals surface area (Å²) in [5.74, 6) is 0.492. The van der Waals surface area contributed by atoms with Crippen LogP contribution in [0.15, 0.2) is 27.9 Å². The number of amides is 1. The summed E-state index contributed by atoms with van der Waals surface area (Å²) >= 11 is 0. The molecule has 16 heavy (non-hydrogen) atoms. The molecule has 90 valence electrons. The van der Waals surface area contributed by atoms with Gasteiger partial charge < -0.3 is 21.3 Å². The summed E-state index contributed by atoms with van der Waals surface area (Å²) in [6, 6.07) is 3.52. The third kappa shape index (κ3) is 6.21. The summed E-state index contributed by atoms with van der Waals surface area (Å²) in [5.41, 5.74) is 2.43. The second kappa shape index (κ2) is 6.30. The maximum Gasteiger partial charge on any atom is 0.295 e. The summed E-state index contributed by atoms with van der Waals surface area (Å²) in [6.07, 6.45) is 3.02. The monoisotopic (exact) mass is 245 g/mol. The van der Waals surface area contributed by atoms with Crippen molar-refractivity contribution in [3.63, 3.8) is 0 Å². The van der Waals surface area contributed by atoms with E-state index >= 15 is 0 Å². The molecule has 0 spiro atoms. The van der Waals surface area contributed by atoms with Gasteiger partial charge in [0.15, 0.2) is 6.54 Å². The summed E-state index contributed by atoms with van der Waals surface area (Å²) in [4.78, 5) is 11.3. The van der Waals surface area contributed by atoms with Crippen molar-refractivity contribution in [1.29, 1.82) is 0 Å². The highest BCUT2D eigenvalue weighted by Crippen LogP contribution is 1.94. The molecule has 0 saturated carbocycles. The molecule has 0 unspecified atom stereocenters. The smallest absolute Gasteiger partial charge is 0.295 e. The maximum atomic E-state index is 11.3. The molecule has 0 atom stereocenters. The van der Waals surface area contributed by atoms with E-state index in [1.807, 2.05) is 21.1 Å². The predicted octanol–water partition coefficient (Wildman–Crippen LogP) is -2.56. The molecule has 0 radical (unpaired) electrons. The summed E-state index contributed by atoms with van der Waals surface area (Å²) < 4.78 is 5.58. The van der Waals surface area contributed by atoms with E-state index in [0.29, 0.717) is 16.8 Å². The molecule has 1 rings (SSSR count). The molecule has 0 aromatic carbocycles. The number of carbonyl (C=O) groups excluding carboxylic acids is 1. The lowest BCUT2D eigenvalue weighted by Crippen LogP contribution is -3.00. The zero-order valence-corrected chi connectivity index (χ0v) is 10.4. The number of likely N-dealkylation sites (N-methyl/N-ethyl adjacent to an activating group) is 1. The third-order valence-electron chi connectivity index (χ3n) is 1.54. The van der Waals surface area contributed by atoms with Crippen LogP contribution in [0.1, 0.15) is 5.76 Å². The quantitative estimate of drug-likeness (QED) is 0.361. The standard InChI is InChI=1S/C10H15N3O2.ClH/c1-13(2,3)8-10(14)12-11-7-9-5-4-6-15-9;/h4-7H,8H2,1-3H3;1H/b11-7+;. The van der Waals surface area contributed by atoms with Gasteiger partial charge in [-0.3, -0.25) is 4.79 Å². The van der Waals surface area contributed by atoms with Crippen LogP contribution in [0.3, 0.4) is 0 Å². The first-order valence-electron chi connectivity index (χ1n) is 4.63. The zero-order valence-electron chi connectivity index (χ0n) is 9.61. The molecular weight excluding hydrogens is 230 g/mol. The van der Waals surface area contributed by atoms with Crippen LogP contribution in [0.4, 0.5) is 0 Å². The average molecular weight is 246 g/mol. The van der Waals surface area contributed by atoms with Crippen molar-refractivity contribution in [2.24, 2.45) is 5.10 Å². The van der Waals surface area contributed by atoms with E-state index in [4.69, 9.17) is 4.42 Å². The number of hydrazone groups is 1. The molecule has 0 aliphatic heterocycles. The van der Waals surface area contributed by atoms with Crippen LogP contribution in [0.2, 0.25) is 0 Å². The Labute approximate surface area is 101 Å². The van der Waals surface area contributed by atoms with Gasteiger partial charge in [-0.05, 0) is 12.1 Å². The van der Waals surface area contributed by atoms with Crippen molar-refractivity contribution in [2.75, 3.05) is 27.7 Å². The van der Waals surface area contributed by atoms with Gasteiger partial charge in [0.2, 0.25) is 0 Å². The Hall–Kier alpha value is -1.33. The Morgan fingerprint density at radius 1 is 1.56 bits per heavy atom. The normalized spacial score (nSPS) is 11.2. The van der Waals surface area contributed by atoms with Crippen LogP contribution in [-0.2, 0) is 4.79 Å². The molecule has 5 nitrogen and oxygen atoms in total. The topological polar surface area (TPSA) is 54.6 Å². The summed E-state index contributed by atoms with van der Waals surface area (Å²) in [7, 11) is 5.82. The molecule has 1 amide bonds. The number of hydrogen-bond acceptors (Lipinski definition) is 3. The minimum absolute atomic E-state index is 0. The van der Waals surface area contributed by atoms with Crippen LogP contribution in [0.5, 0.6) is 0 Å². The Morgan fingerprint density at radius 2 is 2.25 bits per heavy atom. The molecule has 0 bridgehead atoms. The summed E-state index contributed by atoms with van der Waals surface area (Å²) in [5, 5.41) is 3.77. The third-order valence-corrected chi connectivity index (χ3v) is 1.54. The van der Waals surface area contributed by atoms with Crippen molar-refractivity contribution in [3.05, 3.63) is 24.2 Å². The van der Waals surface area contributed by atoms with Crippen molar-refractivity contribution < 1.29 is 26.1 Å². The first-order valence-corrected chi connectivity index (χ1v) is 4.63. The van der Waals surface area contributed by atoms with Gasteiger partial charge >= 0.3 is 0 Å². The number of nitrogens with zero attached hydrogens (tertiary/aromatic N) is 2. The van der Waals surface area contributed by atoms with E-state index in [-0.39, 0.29) is 18.3 Å². The number of nitrogens with one attached hydrogen (secondary N) is 1. The van der Waals surface area contributed by atoms with Crippen LogP contribution >= 0.6 is 0 Å². The van der Waals surface area contributed by atoms with E-state index in [1.165, 1.54) is 6.21 Å². The van der Waals surface area contributed by atoms with Crippen molar-refractivity contribution in [2.45, 2.75) is 0 Å². The lowest BCUT2D eigenvalue weighted by atomic mass is 10.5. The summed E-state index contributed by atoms with van der Waals surface area (Å²) in [6.45, 7) is 0.384. The molecule has 1 N–H and O–H groups in total. The van der Waals surface area contributed by atoms with Crippen LogP contribution in [0.25, 0.3) is 0 Å². The molecule has 1 aromatic heterocycles. The highest BCUT2D eigenvalue weighted by atomic mass is 35.5. The first-order chi connectivity index (χ1) is 6.97. The van der Waals surface area contributed by atoms with Crippen LogP contribution < -0.4 is 17.8 Å². The second-order valence-corrected chi connectivity index (χ2v) is 4.26. The van der Waals surface area contributed by atoms with Gasteiger partial charge in [0.05, 0.1) is 33.6 Å². The molecule has 0 saturated heterocycles. The Kier molecular flexibility index (Phi) is 5.77. The highest BCUT2D eigenvalue weighted by molar-refractivity contribution is 5.80. The Morgan fingerprint density at radius 3 is 2.75 bits per heavy atom. The number of quaternary nitrogens is 1. The average Bonchev–Trinajstić information content (AvgIpc) is 2.53. The number of hydrogen-bond donors (Lipinski definition) is 1. The minimum Gasteiger partial charge on any atom is -1.00 e. The number of rotatable bonds is 4. The largest absolute Gasteiger partial charge is 1.00 e. The van der Waals surface area contributed by atoms with Gasteiger partial charge in [0.1, 0.15) is 5.76 Å². The number of furan rings is 1. The fraction of sp³-hybridized carbons (Fsp3) is 0.400. The lowest BCUT2D eigenvalue weighted by molar-refractivity contribution is -0.862. The Bertz CT molecular complexity index is 341. The van der Waals surface area contributed by atoms with Crippen molar-refractivity contribution in [1.82, 2.24) is 5.43 Å². The Balaban J connectivity index is 0.00000225. The zero-order chi connectivity index (χ0) is 11.3. The van der Waals surface area contributed by atoms with Crippen molar-refractivity contribution in [3.8, 4) is 0 Å². The lowest BCUT2D eigenvalue weighted by Gasteiger charge is -2.21. The molecule has 0 aliphatic rings. The van der Waals surface area contributed by atoms with E-state index < -0.39 is 0 Å². The van der Waals surface area contributed by atoms with E-state index in [9.17, 15) is 4.79 Å².